The molecule has 8 nitrogen and oxygen atoms in total. The predicted molar refractivity (Wildman–Crippen MR) is 87.8 cm³/mol. The molecule has 2 aliphatic heterocycles. The number of rotatable bonds is 3. The first-order valence-electron chi connectivity index (χ1n) is 8.08. The second kappa shape index (κ2) is 5.70. The van der Waals surface area contributed by atoms with Crippen molar-refractivity contribution in [3.8, 4) is 0 Å². The Hall–Kier alpha value is -2.22. The lowest BCUT2D eigenvalue weighted by Gasteiger charge is -2.43. The van der Waals surface area contributed by atoms with Gasteiger partial charge in [-0.3, -0.25) is 0 Å². The van der Waals surface area contributed by atoms with Crippen molar-refractivity contribution >= 4 is 17.6 Å². The molecule has 0 spiro atoms. The summed E-state index contributed by atoms with van der Waals surface area (Å²) in [4.78, 5) is 29.5. The number of hydrogen-bond acceptors (Lipinski definition) is 7. The summed E-state index contributed by atoms with van der Waals surface area (Å²) >= 11 is 0. The maximum Gasteiger partial charge on any atom is 0.365 e. The summed E-state index contributed by atoms with van der Waals surface area (Å²) in [5.41, 5.74) is -1.46. The van der Waals surface area contributed by atoms with Gasteiger partial charge in [-0.25, -0.2) is 4.79 Å². The third-order valence-corrected chi connectivity index (χ3v) is 4.45. The quantitative estimate of drug-likeness (QED) is 0.510. The average Bonchev–Trinajstić information content (AvgIpc) is 2.73. The largest absolute Gasteiger partial charge is 0.458 e. The van der Waals surface area contributed by atoms with Gasteiger partial charge < -0.3 is 25.1 Å². The van der Waals surface area contributed by atoms with Crippen LogP contribution in [0.4, 0.5) is 11.6 Å². The van der Waals surface area contributed by atoms with Gasteiger partial charge in [-0.1, -0.05) is 0 Å². The van der Waals surface area contributed by atoms with E-state index in [0.717, 1.165) is 13.0 Å². The first-order chi connectivity index (χ1) is 11.2. The SMILES string of the molecule is CC(C)(C)OC(=O)C12CCC(CNC1)N2c1cccc([N+](=O)[O-])n1. The molecule has 2 bridgehead atoms. The number of anilines is 1. The number of esters is 1. The van der Waals surface area contributed by atoms with Crippen LogP contribution in [0, 0.1) is 10.1 Å². The van der Waals surface area contributed by atoms with Crippen molar-refractivity contribution in [2.45, 2.75) is 50.8 Å². The molecule has 0 aromatic carbocycles. The second-order valence-electron chi connectivity index (χ2n) is 7.34. The lowest BCUT2D eigenvalue weighted by Crippen LogP contribution is -2.65. The molecule has 2 saturated heterocycles. The molecule has 2 unspecified atom stereocenters. The molecule has 2 atom stereocenters. The lowest BCUT2D eigenvalue weighted by molar-refractivity contribution is -0.389. The van der Waals surface area contributed by atoms with Crippen LogP contribution in [0.15, 0.2) is 18.2 Å². The fourth-order valence-corrected chi connectivity index (χ4v) is 3.52. The first-order valence-corrected chi connectivity index (χ1v) is 8.08. The third-order valence-electron chi connectivity index (χ3n) is 4.45. The number of hydrogen-bond donors (Lipinski definition) is 1. The van der Waals surface area contributed by atoms with Crippen molar-refractivity contribution in [2.75, 3.05) is 18.0 Å². The van der Waals surface area contributed by atoms with E-state index in [2.05, 4.69) is 10.3 Å². The molecule has 2 aliphatic rings. The second-order valence-corrected chi connectivity index (χ2v) is 7.34. The smallest absolute Gasteiger partial charge is 0.365 e. The number of nitrogens with one attached hydrogen (secondary N) is 1. The van der Waals surface area contributed by atoms with E-state index >= 15 is 0 Å². The Bertz CT molecular complexity index is 668. The molecule has 1 N–H and O–H groups in total. The molecule has 8 heteroatoms. The topological polar surface area (TPSA) is 97.6 Å². The Kier molecular flexibility index (Phi) is 3.95. The van der Waals surface area contributed by atoms with Crippen molar-refractivity contribution in [3.63, 3.8) is 0 Å². The van der Waals surface area contributed by atoms with Gasteiger partial charge in [0, 0.05) is 31.3 Å². The standard InChI is InChI=1S/C16H22N4O4/c1-15(2,3)24-14(21)16-8-7-11(9-17-10-16)19(16)12-5-4-6-13(18-12)20(22)23/h4-6,11,17H,7-10H2,1-3H3. The fourth-order valence-electron chi connectivity index (χ4n) is 3.52. The van der Waals surface area contributed by atoms with E-state index in [1.165, 1.54) is 6.07 Å². The number of carbonyl (C=O) groups is 1. The third kappa shape index (κ3) is 2.82. The van der Waals surface area contributed by atoms with Gasteiger partial charge in [-0.2, -0.15) is 0 Å². The van der Waals surface area contributed by atoms with E-state index < -0.39 is 16.1 Å². The highest BCUT2D eigenvalue weighted by Crippen LogP contribution is 2.41. The number of fused-ring (bicyclic) bond motifs is 2. The summed E-state index contributed by atoms with van der Waals surface area (Å²) in [6, 6.07) is 4.75. The predicted octanol–water partition coefficient (Wildman–Crippen LogP) is 1.64. The van der Waals surface area contributed by atoms with Crippen LogP contribution in [0.2, 0.25) is 0 Å². The molecular weight excluding hydrogens is 312 g/mol. The maximum atomic E-state index is 12.9. The molecule has 1 aromatic rings. The molecule has 0 saturated carbocycles. The molecule has 0 radical (unpaired) electrons. The van der Waals surface area contributed by atoms with Crippen LogP contribution in [0.3, 0.4) is 0 Å². The maximum absolute atomic E-state index is 12.9. The average molecular weight is 334 g/mol. The first kappa shape index (κ1) is 16.6. The number of pyridine rings is 1. The molecule has 24 heavy (non-hydrogen) atoms. The Morgan fingerprint density at radius 1 is 1.50 bits per heavy atom. The highest BCUT2D eigenvalue weighted by atomic mass is 16.6. The van der Waals surface area contributed by atoms with E-state index in [0.29, 0.717) is 18.8 Å². The van der Waals surface area contributed by atoms with Crippen molar-refractivity contribution in [3.05, 3.63) is 28.3 Å². The van der Waals surface area contributed by atoms with Crippen LogP contribution in [0.25, 0.3) is 0 Å². The van der Waals surface area contributed by atoms with E-state index in [-0.39, 0.29) is 17.8 Å². The van der Waals surface area contributed by atoms with Crippen LogP contribution < -0.4 is 10.2 Å². The van der Waals surface area contributed by atoms with Crippen LogP contribution in [0.1, 0.15) is 33.6 Å². The van der Waals surface area contributed by atoms with Gasteiger partial charge in [-0.05, 0) is 49.6 Å². The number of carbonyl (C=O) groups excluding carboxylic acids is 1. The molecule has 3 rings (SSSR count). The summed E-state index contributed by atoms with van der Waals surface area (Å²) in [6.07, 6.45) is 1.46. The Balaban J connectivity index is 2.00. The minimum atomic E-state index is -0.863. The Labute approximate surface area is 140 Å². The normalized spacial score (nSPS) is 26.3. The zero-order chi connectivity index (χ0) is 17.5. The number of nitro groups is 1. The van der Waals surface area contributed by atoms with Gasteiger partial charge in [0.15, 0.2) is 5.54 Å². The van der Waals surface area contributed by atoms with E-state index in [4.69, 9.17) is 4.74 Å². The van der Waals surface area contributed by atoms with Gasteiger partial charge in [0.05, 0.1) is 0 Å². The Morgan fingerprint density at radius 2 is 2.25 bits per heavy atom. The van der Waals surface area contributed by atoms with Crippen LogP contribution in [0.5, 0.6) is 0 Å². The van der Waals surface area contributed by atoms with Gasteiger partial charge >= 0.3 is 11.8 Å². The summed E-state index contributed by atoms with van der Waals surface area (Å²) in [7, 11) is 0. The summed E-state index contributed by atoms with van der Waals surface area (Å²) in [5, 5.41) is 14.3. The lowest BCUT2D eigenvalue weighted by atomic mass is 9.95. The summed E-state index contributed by atoms with van der Waals surface area (Å²) in [5.74, 6) is -0.0677. The molecule has 130 valence electrons. The Morgan fingerprint density at radius 3 is 2.92 bits per heavy atom. The number of aromatic nitrogens is 1. The highest BCUT2D eigenvalue weighted by Gasteiger charge is 2.57. The summed E-state index contributed by atoms with van der Waals surface area (Å²) in [6.45, 7) is 6.66. The number of piperazine rings is 1. The van der Waals surface area contributed by atoms with E-state index in [1.807, 2.05) is 25.7 Å². The van der Waals surface area contributed by atoms with E-state index in [1.54, 1.807) is 12.1 Å². The van der Waals surface area contributed by atoms with Crippen molar-refractivity contribution in [1.29, 1.82) is 0 Å². The molecular formula is C16H22N4O4. The van der Waals surface area contributed by atoms with Crippen LogP contribution >= 0.6 is 0 Å². The van der Waals surface area contributed by atoms with Gasteiger partial charge in [-0.15, -0.1) is 0 Å². The minimum Gasteiger partial charge on any atom is -0.458 e. The van der Waals surface area contributed by atoms with E-state index in [9.17, 15) is 14.9 Å². The van der Waals surface area contributed by atoms with Gasteiger partial charge in [0.25, 0.3) is 0 Å². The minimum absolute atomic E-state index is 0.0702. The van der Waals surface area contributed by atoms with Crippen LogP contribution in [-0.4, -0.2) is 46.1 Å². The van der Waals surface area contributed by atoms with Crippen LogP contribution in [-0.2, 0) is 9.53 Å². The van der Waals surface area contributed by atoms with Gasteiger partial charge in [0.1, 0.15) is 5.60 Å². The van der Waals surface area contributed by atoms with Crippen molar-refractivity contribution in [2.24, 2.45) is 0 Å². The molecule has 2 fully saturated rings. The number of ether oxygens (including phenoxy) is 1. The summed E-state index contributed by atoms with van der Waals surface area (Å²) < 4.78 is 5.65. The molecule has 0 aliphatic carbocycles. The zero-order valence-electron chi connectivity index (χ0n) is 14.1. The molecule has 3 heterocycles. The zero-order valence-corrected chi connectivity index (χ0v) is 14.1. The molecule has 0 amide bonds. The molecule has 1 aromatic heterocycles. The van der Waals surface area contributed by atoms with Gasteiger partial charge in [0.2, 0.25) is 5.82 Å². The monoisotopic (exact) mass is 334 g/mol. The van der Waals surface area contributed by atoms with Crippen molar-refractivity contribution < 1.29 is 14.5 Å². The fraction of sp³-hybridized carbons (Fsp3) is 0.625. The number of nitrogens with zero attached hydrogens (tertiary/aromatic N) is 3. The van der Waals surface area contributed by atoms with Crippen molar-refractivity contribution in [1.82, 2.24) is 10.3 Å². The highest BCUT2D eigenvalue weighted by molar-refractivity contribution is 5.87.